The molecule has 0 saturated carbocycles. The number of hydrogen-bond acceptors (Lipinski definition) is 9. The van der Waals surface area contributed by atoms with Crippen molar-refractivity contribution < 1.29 is 29.6 Å². The second kappa shape index (κ2) is 10.3. The van der Waals surface area contributed by atoms with Crippen LogP contribution in [0.15, 0.2) is 23.4 Å². The molecular weight excluding hydrogens is 422 g/mol. The number of ketones is 1. The van der Waals surface area contributed by atoms with Gasteiger partial charge in [-0.25, -0.2) is 4.79 Å². The average Bonchev–Trinajstić information content (AvgIpc) is 2.68. The smallest absolute Gasteiger partial charge is 0.411 e. The normalized spacial score (nSPS) is 29.8. The number of aliphatic hydroxyl groups is 3. The zero-order chi connectivity index (χ0) is 20.7. The molecule has 0 spiro atoms. The second-order valence-corrected chi connectivity index (χ2v) is 10.2. The summed E-state index contributed by atoms with van der Waals surface area (Å²) in [7, 11) is 5.73. The van der Waals surface area contributed by atoms with Crippen LogP contribution in [0.25, 0.3) is 0 Å². The molecule has 0 heterocycles. The summed E-state index contributed by atoms with van der Waals surface area (Å²) in [5.74, 6) is 8.92. The molecule has 1 amide bonds. The summed E-state index contributed by atoms with van der Waals surface area (Å²) in [4.78, 5) is 24.5. The highest BCUT2D eigenvalue weighted by atomic mass is 33.5. The minimum atomic E-state index is -2.14. The molecule has 150 valence electrons. The van der Waals surface area contributed by atoms with Crippen LogP contribution in [0.1, 0.15) is 6.42 Å². The van der Waals surface area contributed by atoms with E-state index in [1.807, 2.05) is 6.26 Å². The Morgan fingerprint density at radius 1 is 1.36 bits per heavy atom. The number of carbonyl (C=O) groups is 2. The van der Waals surface area contributed by atoms with Crippen molar-refractivity contribution in [1.29, 1.82) is 0 Å². The standard InChI is InChI=1S/C18H19NO6S3/c1-25-17(23)19-14-13-11(8-10-27-28-26-2)18(24,16(22)15(14)21)9-6-4-3-5-7-12(13)20/h3-4,11-12,16,20,22,24H,8,10H2,1-2H3,(H,19,23)/b4-3-/t11?,12-,16+,18+/m0/s1. The van der Waals surface area contributed by atoms with Gasteiger partial charge in [-0.15, -0.1) is 0 Å². The number of Topliss-reactive ketones (excluding diaryl/α,β-unsaturated/α-hetero) is 1. The summed E-state index contributed by atoms with van der Waals surface area (Å²) in [6, 6.07) is 0. The molecule has 10 heteroatoms. The third-order valence-electron chi connectivity index (χ3n) is 4.16. The van der Waals surface area contributed by atoms with Crippen LogP contribution in [0.5, 0.6) is 0 Å². The first-order valence-electron chi connectivity index (χ1n) is 8.09. The lowest BCUT2D eigenvalue weighted by Crippen LogP contribution is -2.59. The van der Waals surface area contributed by atoms with Gasteiger partial charge in [0.15, 0.2) is 11.7 Å². The van der Waals surface area contributed by atoms with Crippen LogP contribution in [0.3, 0.4) is 0 Å². The topological polar surface area (TPSA) is 116 Å². The minimum absolute atomic E-state index is 0.00931. The molecule has 0 radical (unpaired) electrons. The van der Waals surface area contributed by atoms with Gasteiger partial charge in [-0.05, 0) is 34.7 Å². The first-order valence-corrected chi connectivity index (χ1v) is 12.2. The maximum absolute atomic E-state index is 12.7. The molecule has 0 aliphatic heterocycles. The van der Waals surface area contributed by atoms with E-state index in [4.69, 9.17) is 0 Å². The third kappa shape index (κ3) is 4.90. The number of fused-ring (bicyclic) bond motifs is 2. The van der Waals surface area contributed by atoms with E-state index in [9.17, 15) is 24.9 Å². The van der Waals surface area contributed by atoms with E-state index in [1.54, 1.807) is 10.8 Å². The van der Waals surface area contributed by atoms with E-state index in [2.05, 4.69) is 33.7 Å². The van der Waals surface area contributed by atoms with Crippen molar-refractivity contribution in [2.24, 2.45) is 5.92 Å². The molecule has 2 aliphatic carbocycles. The molecule has 1 unspecified atom stereocenters. The molecule has 4 N–H and O–H groups in total. The van der Waals surface area contributed by atoms with Gasteiger partial charge >= 0.3 is 6.09 Å². The zero-order valence-electron chi connectivity index (χ0n) is 15.1. The zero-order valence-corrected chi connectivity index (χ0v) is 17.5. The predicted octanol–water partition coefficient (Wildman–Crippen LogP) is 0.874. The SMILES string of the molecule is COC(=O)NC1=C2C(CCSSSC)[C@](O)(C#C/C=C\C#C[C@@H]2O)[C@H](O)C1=O. The Kier molecular flexibility index (Phi) is 8.38. The lowest BCUT2D eigenvalue weighted by molar-refractivity contribution is -0.141. The summed E-state index contributed by atoms with van der Waals surface area (Å²) >= 11 is 0. The summed E-state index contributed by atoms with van der Waals surface area (Å²) in [6.45, 7) is 0. The van der Waals surface area contributed by atoms with Gasteiger partial charge in [0.25, 0.3) is 0 Å². The number of allylic oxidation sites excluding steroid dienone is 2. The highest BCUT2D eigenvalue weighted by Crippen LogP contribution is 2.42. The number of amides is 1. The number of ether oxygens (including phenoxy) is 1. The van der Waals surface area contributed by atoms with Crippen molar-refractivity contribution in [1.82, 2.24) is 5.32 Å². The molecule has 0 aromatic rings. The summed E-state index contributed by atoms with van der Waals surface area (Å²) < 4.78 is 4.54. The molecule has 28 heavy (non-hydrogen) atoms. The quantitative estimate of drug-likeness (QED) is 0.271. The van der Waals surface area contributed by atoms with Crippen molar-refractivity contribution in [2.75, 3.05) is 19.1 Å². The Morgan fingerprint density at radius 3 is 2.75 bits per heavy atom. The van der Waals surface area contributed by atoms with Crippen LogP contribution in [0.2, 0.25) is 0 Å². The Bertz CT molecular complexity index is 819. The summed E-state index contributed by atoms with van der Waals surface area (Å²) in [6.07, 6.45) is 0.629. The van der Waals surface area contributed by atoms with E-state index in [0.717, 1.165) is 7.11 Å². The van der Waals surface area contributed by atoms with Gasteiger partial charge in [0.1, 0.15) is 6.10 Å². The van der Waals surface area contributed by atoms with Gasteiger partial charge in [-0.1, -0.05) is 45.3 Å². The number of nitrogens with one attached hydrogen (secondary N) is 1. The van der Waals surface area contributed by atoms with E-state index in [-0.39, 0.29) is 17.7 Å². The molecule has 2 bridgehead atoms. The van der Waals surface area contributed by atoms with Crippen LogP contribution in [-0.2, 0) is 9.53 Å². The van der Waals surface area contributed by atoms with Crippen LogP contribution in [0, 0.1) is 29.6 Å². The number of rotatable bonds is 6. The lowest BCUT2D eigenvalue weighted by atomic mass is 9.68. The fourth-order valence-corrected chi connectivity index (χ4v) is 5.68. The molecule has 4 atom stereocenters. The largest absolute Gasteiger partial charge is 0.453 e. The van der Waals surface area contributed by atoms with Crippen molar-refractivity contribution in [2.45, 2.75) is 24.2 Å². The molecule has 0 saturated heterocycles. The highest BCUT2D eigenvalue weighted by Gasteiger charge is 2.54. The van der Waals surface area contributed by atoms with Crippen molar-refractivity contribution in [3.8, 4) is 23.7 Å². The summed E-state index contributed by atoms with van der Waals surface area (Å²) in [5, 5.41) is 34.6. The van der Waals surface area contributed by atoms with E-state index >= 15 is 0 Å². The van der Waals surface area contributed by atoms with Gasteiger partial charge in [-0.2, -0.15) is 0 Å². The molecule has 0 fully saturated rings. The number of alkyl carbamates (subject to hydrolysis) is 1. The van der Waals surface area contributed by atoms with Crippen molar-refractivity contribution in [3.63, 3.8) is 0 Å². The molecule has 2 aliphatic rings. The van der Waals surface area contributed by atoms with Crippen LogP contribution in [-0.4, -0.2) is 64.1 Å². The summed E-state index contributed by atoms with van der Waals surface area (Å²) in [5.41, 5.74) is -2.46. The van der Waals surface area contributed by atoms with Gasteiger partial charge in [-0.3, -0.25) is 10.1 Å². The average molecular weight is 442 g/mol. The first-order chi connectivity index (χ1) is 13.4. The fraction of sp³-hybridized carbons (Fsp3) is 0.444. The molecule has 0 aromatic carbocycles. The Balaban J connectivity index is 2.63. The van der Waals surface area contributed by atoms with Crippen molar-refractivity contribution >= 4 is 43.3 Å². The van der Waals surface area contributed by atoms with Crippen LogP contribution < -0.4 is 5.32 Å². The first kappa shape index (κ1) is 22.8. The Hall–Kier alpha value is -1.53. The van der Waals surface area contributed by atoms with E-state index in [0.29, 0.717) is 5.75 Å². The maximum atomic E-state index is 12.7. The number of hydrogen-bond donors (Lipinski definition) is 4. The molecular formula is C18H19NO6S3. The van der Waals surface area contributed by atoms with Gasteiger partial charge in [0.05, 0.1) is 12.8 Å². The Morgan fingerprint density at radius 2 is 2.07 bits per heavy atom. The molecule has 2 rings (SSSR count). The number of aliphatic hydroxyl groups excluding tert-OH is 2. The predicted molar refractivity (Wildman–Crippen MR) is 111 cm³/mol. The minimum Gasteiger partial charge on any atom is -0.453 e. The third-order valence-corrected chi connectivity index (χ3v) is 8.08. The van der Waals surface area contributed by atoms with Gasteiger partial charge in [0, 0.05) is 17.2 Å². The molecule has 7 nitrogen and oxygen atoms in total. The van der Waals surface area contributed by atoms with Crippen LogP contribution >= 0.6 is 31.4 Å². The Labute approximate surface area is 174 Å². The molecule has 0 aromatic heterocycles. The van der Waals surface area contributed by atoms with Crippen LogP contribution in [0.4, 0.5) is 4.79 Å². The highest BCUT2D eigenvalue weighted by molar-refractivity contribution is 9.09. The fourth-order valence-electron chi connectivity index (χ4n) is 2.92. The van der Waals surface area contributed by atoms with Gasteiger partial charge < -0.3 is 20.1 Å². The monoisotopic (exact) mass is 441 g/mol. The van der Waals surface area contributed by atoms with Gasteiger partial charge in [0.2, 0.25) is 5.78 Å². The van der Waals surface area contributed by atoms with E-state index in [1.165, 1.54) is 32.8 Å². The van der Waals surface area contributed by atoms with E-state index < -0.39 is 35.6 Å². The maximum Gasteiger partial charge on any atom is 0.411 e. The number of carbonyl (C=O) groups excluding carboxylic acids is 2. The lowest BCUT2D eigenvalue weighted by Gasteiger charge is -2.42. The van der Waals surface area contributed by atoms with Crippen molar-refractivity contribution in [3.05, 3.63) is 23.4 Å². The second-order valence-electron chi connectivity index (χ2n) is 5.73. The number of methoxy groups -OCH3 is 1.